The van der Waals surface area contributed by atoms with Crippen LogP contribution in [-0.4, -0.2) is 48.8 Å². The molecule has 18 heavy (non-hydrogen) atoms. The molecular weight excluding hydrogens is 242 g/mol. The number of esters is 1. The van der Waals surface area contributed by atoms with Gasteiger partial charge >= 0.3 is 11.9 Å². The van der Waals surface area contributed by atoms with Crippen LogP contribution in [0.25, 0.3) is 0 Å². The zero-order valence-corrected chi connectivity index (χ0v) is 10.2. The molecule has 1 heterocycles. The molecule has 0 aromatic heterocycles. The minimum Gasteiger partial charge on any atom is -0.480 e. The quantitative estimate of drug-likeness (QED) is 0.634. The van der Waals surface area contributed by atoms with Crippen molar-refractivity contribution in [2.24, 2.45) is 0 Å². The second-order valence-electron chi connectivity index (χ2n) is 4.02. The highest BCUT2D eigenvalue weighted by atomic mass is 16.5. The summed E-state index contributed by atoms with van der Waals surface area (Å²) < 4.78 is 9.56. The highest BCUT2D eigenvalue weighted by molar-refractivity contribution is 5.86. The summed E-state index contributed by atoms with van der Waals surface area (Å²) in [5.41, 5.74) is 0. The van der Waals surface area contributed by atoms with E-state index in [2.05, 4.69) is 10.1 Å². The second-order valence-corrected chi connectivity index (χ2v) is 4.02. The average Bonchev–Trinajstić information content (AvgIpc) is 2.87. The lowest BCUT2D eigenvalue weighted by Crippen LogP contribution is -2.45. The van der Waals surface area contributed by atoms with Gasteiger partial charge in [-0.2, -0.15) is 0 Å². The maximum Gasteiger partial charge on any atom is 0.326 e. The van der Waals surface area contributed by atoms with Crippen molar-refractivity contribution in [2.75, 3.05) is 13.7 Å². The maximum atomic E-state index is 11.7. The lowest BCUT2D eigenvalue weighted by atomic mass is 10.1. The van der Waals surface area contributed by atoms with Crippen molar-refractivity contribution in [3.05, 3.63) is 0 Å². The fourth-order valence-corrected chi connectivity index (χ4v) is 1.67. The number of carboxylic acids is 1. The number of methoxy groups -OCH3 is 1. The van der Waals surface area contributed by atoms with Crippen molar-refractivity contribution in [3.8, 4) is 0 Å². The van der Waals surface area contributed by atoms with Crippen LogP contribution in [0.15, 0.2) is 0 Å². The predicted octanol–water partition coefficient (Wildman–Crippen LogP) is -0.312. The Morgan fingerprint density at radius 1 is 1.50 bits per heavy atom. The molecule has 0 aromatic rings. The van der Waals surface area contributed by atoms with Gasteiger partial charge in [0, 0.05) is 13.0 Å². The number of amides is 1. The molecule has 1 amide bonds. The number of nitrogens with one attached hydrogen (secondary N) is 1. The molecule has 0 spiro atoms. The van der Waals surface area contributed by atoms with Gasteiger partial charge in [-0.15, -0.1) is 0 Å². The first-order chi connectivity index (χ1) is 8.54. The first kappa shape index (κ1) is 14.4. The zero-order chi connectivity index (χ0) is 13.5. The van der Waals surface area contributed by atoms with Crippen LogP contribution in [0, 0.1) is 0 Å². The zero-order valence-electron chi connectivity index (χ0n) is 10.2. The lowest BCUT2D eigenvalue weighted by Gasteiger charge is -2.16. The molecule has 2 N–H and O–H groups in total. The monoisotopic (exact) mass is 259 g/mol. The minimum atomic E-state index is -1.18. The van der Waals surface area contributed by atoms with E-state index in [0.29, 0.717) is 13.0 Å². The molecule has 1 fully saturated rings. The predicted molar refractivity (Wildman–Crippen MR) is 59.8 cm³/mol. The van der Waals surface area contributed by atoms with E-state index in [0.717, 1.165) is 6.42 Å². The Bertz CT molecular complexity index is 323. The van der Waals surface area contributed by atoms with Gasteiger partial charge in [-0.3, -0.25) is 9.59 Å². The number of carboxylic acid groups (broad SMARTS) is 1. The fourth-order valence-electron chi connectivity index (χ4n) is 1.67. The number of hydrogen-bond donors (Lipinski definition) is 2. The Morgan fingerprint density at radius 2 is 2.22 bits per heavy atom. The van der Waals surface area contributed by atoms with Gasteiger partial charge in [0.05, 0.1) is 7.11 Å². The number of carbonyl (C=O) groups is 3. The summed E-state index contributed by atoms with van der Waals surface area (Å²) in [6, 6.07) is -1.10. The van der Waals surface area contributed by atoms with Crippen LogP contribution in [0.1, 0.15) is 25.7 Å². The first-order valence-corrected chi connectivity index (χ1v) is 5.76. The van der Waals surface area contributed by atoms with Crippen molar-refractivity contribution in [1.82, 2.24) is 5.32 Å². The summed E-state index contributed by atoms with van der Waals surface area (Å²) in [7, 11) is 1.23. The third kappa shape index (κ3) is 4.33. The van der Waals surface area contributed by atoms with Gasteiger partial charge in [0.15, 0.2) is 0 Å². The topological polar surface area (TPSA) is 102 Å². The van der Waals surface area contributed by atoms with Gasteiger partial charge in [0.1, 0.15) is 12.1 Å². The summed E-state index contributed by atoms with van der Waals surface area (Å²) in [4.78, 5) is 33.5. The standard InChI is InChI=1S/C11H17NO6/c1-17-9(13)5-4-7(11(15)16)12-10(14)8-3-2-6-18-8/h7-8H,2-6H2,1H3,(H,12,14)(H,15,16)/t7-,8-/m0/s1. The largest absolute Gasteiger partial charge is 0.480 e. The Labute approximate surface area is 104 Å². The molecule has 1 rings (SSSR count). The van der Waals surface area contributed by atoms with Crippen LogP contribution in [0.4, 0.5) is 0 Å². The van der Waals surface area contributed by atoms with Crippen LogP contribution in [0.2, 0.25) is 0 Å². The van der Waals surface area contributed by atoms with E-state index in [1.165, 1.54) is 7.11 Å². The van der Waals surface area contributed by atoms with Crippen LogP contribution < -0.4 is 5.32 Å². The molecular formula is C11H17NO6. The summed E-state index contributed by atoms with van der Waals surface area (Å²) >= 11 is 0. The number of hydrogen-bond acceptors (Lipinski definition) is 5. The summed E-state index contributed by atoms with van der Waals surface area (Å²) in [5, 5.41) is 11.3. The van der Waals surface area contributed by atoms with Crippen molar-refractivity contribution in [1.29, 1.82) is 0 Å². The van der Waals surface area contributed by atoms with E-state index in [1.54, 1.807) is 0 Å². The van der Waals surface area contributed by atoms with Crippen LogP contribution in [0.3, 0.4) is 0 Å². The van der Waals surface area contributed by atoms with Gasteiger partial charge in [0.2, 0.25) is 5.91 Å². The molecule has 0 bridgehead atoms. The third-order valence-electron chi connectivity index (χ3n) is 2.70. The molecule has 0 unspecified atom stereocenters. The van der Waals surface area contributed by atoms with E-state index in [9.17, 15) is 14.4 Å². The van der Waals surface area contributed by atoms with E-state index in [-0.39, 0.29) is 12.8 Å². The van der Waals surface area contributed by atoms with Crippen molar-refractivity contribution in [3.63, 3.8) is 0 Å². The summed E-state index contributed by atoms with van der Waals surface area (Å²) in [5.74, 6) is -2.12. The molecule has 1 aliphatic heterocycles. The molecule has 1 saturated heterocycles. The fraction of sp³-hybridized carbons (Fsp3) is 0.727. The third-order valence-corrected chi connectivity index (χ3v) is 2.70. The van der Waals surface area contributed by atoms with E-state index < -0.39 is 30.0 Å². The van der Waals surface area contributed by atoms with Gasteiger partial charge in [-0.05, 0) is 19.3 Å². The normalized spacial score (nSPS) is 20.2. The molecule has 0 saturated carbocycles. The molecule has 102 valence electrons. The van der Waals surface area contributed by atoms with E-state index in [4.69, 9.17) is 9.84 Å². The molecule has 0 aromatic carbocycles. The van der Waals surface area contributed by atoms with E-state index in [1.807, 2.05) is 0 Å². The molecule has 7 heteroatoms. The minimum absolute atomic E-state index is 0.000463. The average molecular weight is 259 g/mol. The van der Waals surface area contributed by atoms with Crippen molar-refractivity contribution >= 4 is 17.8 Å². The first-order valence-electron chi connectivity index (χ1n) is 5.76. The summed E-state index contributed by atoms with van der Waals surface area (Å²) in [6.45, 7) is 0.512. The Kier molecular flexibility index (Phi) is 5.57. The highest BCUT2D eigenvalue weighted by Crippen LogP contribution is 2.12. The van der Waals surface area contributed by atoms with Crippen LogP contribution in [-0.2, 0) is 23.9 Å². The lowest BCUT2D eigenvalue weighted by molar-refractivity contribution is -0.145. The van der Waals surface area contributed by atoms with Gasteiger partial charge < -0.3 is 19.9 Å². The Hall–Kier alpha value is -1.63. The molecule has 0 radical (unpaired) electrons. The SMILES string of the molecule is COC(=O)CC[C@H](NC(=O)[C@@H]1CCCO1)C(=O)O. The van der Waals surface area contributed by atoms with Crippen molar-refractivity contribution in [2.45, 2.75) is 37.8 Å². The Morgan fingerprint density at radius 3 is 2.72 bits per heavy atom. The molecule has 7 nitrogen and oxygen atoms in total. The van der Waals surface area contributed by atoms with E-state index >= 15 is 0 Å². The van der Waals surface area contributed by atoms with Gasteiger partial charge in [-0.25, -0.2) is 4.79 Å². The van der Waals surface area contributed by atoms with Crippen LogP contribution in [0.5, 0.6) is 0 Å². The molecule has 2 atom stereocenters. The molecule has 1 aliphatic rings. The smallest absolute Gasteiger partial charge is 0.326 e. The van der Waals surface area contributed by atoms with Gasteiger partial charge in [-0.1, -0.05) is 0 Å². The van der Waals surface area contributed by atoms with Crippen LogP contribution >= 0.6 is 0 Å². The highest BCUT2D eigenvalue weighted by Gasteiger charge is 2.28. The maximum absolute atomic E-state index is 11.7. The summed E-state index contributed by atoms with van der Waals surface area (Å²) in [6.07, 6.45) is 0.748. The second kappa shape index (κ2) is 6.95. The number of aliphatic carboxylic acids is 1. The number of rotatable bonds is 6. The molecule has 0 aliphatic carbocycles. The number of carbonyl (C=O) groups excluding carboxylic acids is 2. The van der Waals surface area contributed by atoms with Gasteiger partial charge in [0.25, 0.3) is 0 Å². The Balaban J connectivity index is 2.44. The van der Waals surface area contributed by atoms with Crippen molar-refractivity contribution < 1.29 is 29.0 Å². The number of ether oxygens (including phenoxy) is 2.